The van der Waals surface area contributed by atoms with E-state index in [0.29, 0.717) is 0 Å². The van der Waals surface area contributed by atoms with Crippen LogP contribution in [-0.4, -0.2) is 71.1 Å². The van der Waals surface area contributed by atoms with Crippen LogP contribution < -0.4 is 0 Å². The van der Waals surface area contributed by atoms with Crippen LogP contribution in [0, 0.1) is 0 Å². The third-order valence-corrected chi connectivity index (χ3v) is 5.74. The predicted octanol–water partition coefficient (Wildman–Crippen LogP) is 0.535. The summed E-state index contributed by atoms with van der Waals surface area (Å²) in [5.41, 5.74) is -11.7. The molecule has 0 aromatic carbocycles. The first-order valence-electron chi connectivity index (χ1n) is 7.44. The molecule has 2 aliphatic heterocycles. The van der Waals surface area contributed by atoms with Gasteiger partial charge in [0, 0.05) is 6.42 Å². The molecule has 0 aromatic rings. The summed E-state index contributed by atoms with van der Waals surface area (Å²) in [6.07, 6.45) is -6.77. The second kappa shape index (κ2) is 7.49. The highest BCUT2D eigenvalue weighted by Crippen LogP contribution is 2.46. The maximum atomic E-state index is 12.5. The zero-order valence-corrected chi connectivity index (χ0v) is 15.7. The molecule has 10 nitrogen and oxygen atoms in total. The molecule has 0 spiro atoms. The van der Waals surface area contributed by atoms with Crippen molar-refractivity contribution in [3.05, 3.63) is 0 Å². The van der Waals surface area contributed by atoms with Gasteiger partial charge in [-0.2, -0.15) is 43.2 Å². The number of hydrogen-bond donors (Lipinski definition) is 0. The standard InChI is InChI=1S/C11H12F6O10S2/c1-2-23-8(18)9-3-5(27-29(21,22)11(15,16)17)7(26-9)6(25-9)4-24-28(19,20)10(12,13)14/h5-7H,2-4H2,1H3. The van der Waals surface area contributed by atoms with Gasteiger partial charge >= 0.3 is 37.2 Å². The average molecular weight is 482 g/mol. The van der Waals surface area contributed by atoms with E-state index in [1.165, 1.54) is 6.92 Å². The van der Waals surface area contributed by atoms with Gasteiger partial charge in [0.05, 0.1) is 13.2 Å². The van der Waals surface area contributed by atoms with Gasteiger partial charge in [-0.05, 0) is 6.92 Å². The predicted molar refractivity (Wildman–Crippen MR) is 74.5 cm³/mol. The SMILES string of the molecule is CCOC(=O)C12CC(OS(=O)(=O)C(F)(F)F)C(O1)C(COS(=O)(=O)C(F)(F)F)O2. The minimum Gasteiger partial charge on any atom is -0.462 e. The molecule has 0 aromatic heterocycles. The lowest BCUT2D eigenvalue weighted by Crippen LogP contribution is -2.49. The van der Waals surface area contributed by atoms with Gasteiger partial charge in [-0.3, -0.25) is 8.37 Å². The molecule has 2 bridgehead atoms. The molecule has 2 fully saturated rings. The van der Waals surface area contributed by atoms with Gasteiger partial charge in [0.2, 0.25) is 0 Å². The van der Waals surface area contributed by atoms with Crippen LogP contribution in [0.1, 0.15) is 13.3 Å². The molecule has 0 amide bonds. The first-order valence-corrected chi connectivity index (χ1v) is 10.3. The molecule has 29 heavy (non-hydrogen) atoms. The Labute approximate surface area is 159 Å². The number of esters is 1. The number of carbonyl (C=O) groups is 1. The van der Waals surface area contributed by atoms with Crippen molar-refractivity contribution in [3.8, 4) is 0 Å². The van der Waals surface area contributed by atoms with E-state index in [1.807, 2.05) is 0 Å². The van der Waals surface area contributed by atoms with Crippen LogP contribution in [0.5, 0.6) is 0 Å². The van der Waals surface area contributed by atoms with Crippen LogP contribution in [-0.2, 0) is 47.6 Å². The quantitative estimate of drug-likeness (QED) is 0.219. The van der Waals surface area contributed by atoms with Gasteiger partial charge in [-0.1, -0.05) is 0 Å². The van der Waals surface area contributed by atoms with Gasteiger partial charge in [0.1, 0.15) is 18.3 Å². The van der Waals surface area contributed by atoms with Gasteiger partial charge in [0.25, 0.3) is 5.79 Å². The molecular weight excluding hydrogens is 470 g/mol. The van der Waals surface area contributed by atoms with E-state index in [-0.39, 0.29) is 6.61 Å². The summed E-state index contributed by atoms with van der Waals surface area (Å²) >= 11 is 0. The summed E-state index contributed by atoms with van der Waals surface area (Å²) in [7, 11) is -12.3. The molecule has 18 heteroatoms. The van der Waals surface area contributed by atoms with Crippen molar-refractivity contribution in [1.82, 2.24) is 0 Å². The summed E-state index contributed by atoms with van der Waals surface area (Å²) in [6, 6.07) is 0. The largest absolute Gasteiger partial charge is 0.523 e. The van der Waals surface area contributed by atoms with Crippen LogP contribution in [0.25, 0.3) is 0 Å². The lowest BCUT2D eigenvalue weighted by molar-refractivity contribution is -0.209. The van der Waals surface area contributed by atoms with E-state index in [4.69, 9.17) is 9.47 Å². The Hall–Kier alpha value is -1.21. The Morgan fingerprint density at radius 2 is 1.59 bits per heavy atom. The van der Waals surface area contributed by atoms with Crippen molar-refractivity contribution in [2.45, 2.75) is 48.5 Å². The first kappa shape index (κ1) is 24.1. The first-order chi connectivity index (χ1) is 13.0. The molecule has 0 aliphatic carbocycles. The van der Waals surface area contributed by atoms with E-state index in [9.17, 15) is 48.0 Å². The fourth-order valence-corrected chi connectivity index (χ4v) is 3.57. The highest BCUT2D eigenvalue weighted by Gasteiger charge is 2.66. The molecule has 2 aliphatic rings. The summed E-state index contributed by atoms with van der Waals surface area (Å²) in [6.45, 7) is -0.401. The smallest absolute Gasteiger partial charge is 0.462 e. The minimum absolute atomic E-state index is 0.270. The molecule has 2 saturated heterocycles. The maximum absolute atomic E-state index is 12.5. The highest BCUT2D eigenvalue weighted by atomic mass is 32.2. The van der Waals surface area contributed by atoms with E-state index in [2.05, 4.69) is 13.1 Å². The lowest BCUT2D eigenvalue weighted by atomic mass is 10.0. The highest BCUT2D eigenvalue weighted by molar-refractivity contribution is 7.87. The molecular formula is C11H12F6O10S2. The van der Waals surface area contributed by atoms with Gasteiger partial charge in [-0.25, -0.2) is 4.79 Å². The Morgan fingerprint density at radius 3 is 2.07 bits per heavy atom. The lowest BCUT2D eigenvalue weighted by Gasteiger charge is -2.29. The van der Waals surface area contributed by atoms with Crippen LogP contribution in [0.3, 0.4) is 0 Å². The summed E-state index contributed by atoms with van der Waals surface area (Å²) in [5.74, 6) is -3.84. The molecule has 0 saturated carbocycles. The molecule has 2 heterocycles. The van der Waals surface area contributed by atoms with Crippen LogP contribution in [0.2, 0.25) is 0 Å². The van der Waals surface area contributed by atoms with Gasteiger partial charge < -0.3 is 14.2 Å². The summed E-state index contributed by atoms with van der Waals surface area (Å²) in [4.78, 5) is 12.0. The Morgan fingerprint density at radius 1 is 1.03 bits per heavy atom. The summed E-state index contributed by atoms with van der Waals surface area (Å²) < 4.78 is 141. The third kappa shape index (κ3) is 4.61. The number of carbonyl (C=O) groups excluding carboxylic acids is 1. The normalized spacial score (nSPS) is 30.5. The molecule has 170 valence electrons. The molecule has 0 N–H and O–H groups in total. The molecule has 4 unspecified atom stereocenters. The minimum atomic E-state index is -6.19. The summed E-state index contributed by atoms with van der Waals surface area (Å²) in [5, 5.41) is 0. The fourth-order valence-electron chi connectivity index (χ4n) is 2.51. The number of hydrogen-bond acceptors (Lipinski definition) is 10. The van der Waals surface area contributed by atoms with Crippen LogP contribution in [0.15, 0.2) is 0 Å². The Balaban J connectivity index is 2.26. The Kier molecular flexibility index (Phi) is 6.21. The number of halogens is 6. The zero-order valence-electron chi connectivity index (χ0n) is 14.0. The number of alkyl halides is 6. The Bertz CT molecular complexity index is 846. The number of fused-ring (bicyclic) bond motifs is 2. The average Bonchev–Trinajstić information content (AvgIpc) is 3.07. The molecule has 4 atom stereocenters. The molecule has 0 radical (unpaired) electrons. The van der Waals surface area contributed by atoms with E-state index in [0.717, 1.165) is 0 Å². The van der Waals surface area contributed by atoms with Crippen molar-refractivity contribution in [3.63, 3.8) is 0 Å². The van der Waals surface area contributed by atoms with Crippen molar-refractivity contribution in [1.29, 1.82) is 0 Å². The number of ether oxygens (including phenoxy) is 3. The van der Waals surface area contributed by atoms with Crippen LogP contribution >= 0.6 is 0 Å². The second-order valence-electron chi connectivity index (χ2n) is 5.64. The van der Waals surface area contributed by atoms with E-state index >= 15 is 0 Å². The van der Waals surface area contributed by atoms with Crippen LogP contribution in [0.4, 0.5) is 26.3 Å². The van der Waals surface area contributed by atoms with Crippen molar-refractivity contribution in [2.75, 3.05) is 13.2 Å². The molecule has 2 rings (SSSR count). The van der Waals surface area contributed by atoms with Crippen molar-refractivity contribution < 1.29 is 70.5 Å². The van der Waals surface area contributed by atoms with Crippen molar-refractivity contribution in [2.24, 2.45) is 0 Å². The number of rotatable bonds is 7. The van der Waals surface area contributed by atoms with Gasteiger partial charge in [0.15, 0.2) is 0 Å². The van der Waals surface area contributed by atoms with Gasteiger partial charge in [-0.15, -0.1) is 0 Å². The van der Waals surface area contributed by atoms with E-state index < -0.39 is 74.3 Å². The second-order valence-corrected chi connectivity index (χ2v) is 8.81. The third-order valence-electron chi connectivity index (χ3n) is 3.66. The fraction of sp³-hybridized carbons (Fsp3) is 0.909. The van der Waals surface area contributed by atoms with E-state index in [1.54, 1.807) is 0 Å². The van der Waals surface area contributed by atoms with Crippen molar-refractivity contribution >= 4 is 26.2 Å². The maximum Gasteiger partial charge on any atom is 0.523 e. The zero-order chi connectivity index (χ0) is 22.5. The topological polar surface area (TPSA) is 132 Å². The monoisotopic (exact) mass is 482 g/mol.